The zero-order chi connectivity index (χ0) is 18.4. The predicted molar refractivity (Wildman–Crippen MR) is 102 cm³/mol. The van der Waals surface area contributed by atoms with Crippen molar-refractivity contribution >= 4 is 26.8 Å². The summed E-state index contributed by atoms with van der Waals surface area (Å²) in [5.74, 6) is 0.204. The zero-order valence-corrected chi connectivity index (χ0v) is 15.8. The Kier molecular flexibility index (Phi) is 4.32. The highest BCUT2D eigenvalue weighted by molar-refractivity contribution is 7.22. The van der Waals surface area contributed by atoms with Crippen LogP contribution >= 0.6 is 11.3 Å². The summed E-state index contributed by atoms with van der Waals surface area (Å²) in [5.41, 5.74) is 3.25. The van der Waals surface area contributed by atoms with E-state index in [4.69, 9.17) is 0 Å². The lowest BCUT2D eigenvalue weighted by Crippen LogP contribution is -2.45. The summed E-state index contributed by atoms with van der Waals surface area (Å²) in [7, 11) is 1.93. The molecule has 6 nitrogen and oxygen atoms in total. The minimum absolute atomic E-state index is 0.0505. The minimum Gasteiger partial charge on any atom is -0.506 e. The quantitative estimate of drug-likeness (QED) is 0.736. The summed E-state index contributed by atoms with van der Waals surface area (Å²) in [6.45, 7) is 5.19. The molecule has 0 aliphatic carbocycles. The van der Waals surface area contributed by atoms with Gasteiger partial charge in [0.25, 0.3) is 0 Å². The van der Waals surface area contributed by atoms with Crippen LogP contribution < -0.4 is 5.32 Å². The molecule has 0 amide bonds. The second kappa shape index (κ2) is 6.51. The summed E-state index contributed by atoms with van der Waals surface area (Å²) in [4.78, 5) is 6.53. The Morgan fingerprint density at radius 1 is 1.31 bits per heavy atom. The molecule has 2 aromatic heterocycles. The van der Waals surface area contributed by atoms with Gasteiger partial charge in [0, 0.05) is 25.6 Å². The van der Waals surface area contributed by atoms with Crippen LogP contribution in [0.4, 0.5) is 9.52 Å². The SMILES string of the molecule is Cc1cc(C)c(-n2cc3sc(N[C@@H]4C[C@@H](F)CN(C)C4)nc3n2)c(O)c1. The molecule has 0 saturated carbocycles. The zero-order valence-electron chi connectivity index (χ0n) is 15.0. The van der Waals surface area contributed by atoms with Gasteiger partial charge in [-0.15, -0.1) is 5.10 Å². The Morgan fingerprint density at radius 2 is 2.12 bits per heavy atom. The maximum Gasteiger partial charge on any atom is 0.194 e. The number of halogens is 1. The third kappa shape index (κ3) is 3.26. The van der Waals surface area contributed by atoms with Crippen LogP contribution in [0.2, 0.25) is 0 Å². The van der Waals surface area contributed by atoms with Gasteiger partial charge in [-0.3, -0.25) is 0 Å². The van der Waals surface area contributed by atoms with E-state index in [9.17, 15) is 9.50 Å². The molecule has 3 heterocycles. The fourth-order valence-electron chi connectivity index (χ4n) is 3.66. The Bertz CT molecular complexity index is 888. The number of aryl methyl sites for hydroxylation is 2. The van der Waals surface area contributed by atoms with Crippen molar-refractivity contribution in [2.24, 2.45) is 0 Å². The van der Waals surface area contributed by atoms with Crippen molar-refractivity contribution < 1.29 is 9.50 Å². The molecule has 1 saturated heterocycles. The summed E-state index contributed by atoms with van der Waals surface area (Å²) in [6.07, 6.45) is 1.57. The highest BCUT2D eigenvalue weighted by atomic mass is 32.1. The minimum atomic E-state index is -0.808. The van der Waals surface area contributed by atoms with Crippen LogP contribution in [-0.2, 0) is 0 Å². The molecule has 1 aromatic carbocycles. The number of fused-ring (bicyclic) bond motifs is 1. The second-order valence-electron chi connectivity index (χ2n) is 7.13. The number of phenolic OH excluding ortho intramolecular Hbond substituents is 1. The van der Waals surface area contributed by atoms with E-state index < -0.39 is 6.17 Å². The number of phenols is 1. The molecule has 3 aromatic rings. The number of likely N-dealkylation sites (N-methyl/N-ethyl adjacent to an activating group) is 1. The summed E-state index contributed by atoms with van der Waals surface area (Å²) in [6, 6.07) is 3.79. The summed E-state index contributed by atoms with van der Waals surface area (Å²) >= 11 is 1.50. The monoisotopic (exact) mass is 375 g/mol. The van der Waals surface area contributed by atoms with Crippen LogP contribution in [0.5, 0.6) is 5.75 Å². The van der Waals surface area contributed by atoms with Gasteiger partial charge in [-0.1, -0.05) is 17.4 Å². The van der Waals surface area contributed by atoms with Gasteiger partial charge >= 0.3 is 0 Å². The number of hydrogen-bond donors (Lipinski definition) is 2. The maximum absolute atomic E-state index is 13.7. The smallest absolute Gasteiger partial charge is 0.194 e. The molecular formula is C18H22FN5OS. The van der Waals surface area contributed by atoms with E-state index in [1.54, 1.807) is 10.7 Å². The number of rotatable bonds is 3. The van der Waals surface area contributed by atoms with E-state index in [0.717, 1.165) is 27.5 Å². The molecule has 8 heteroatoms. The molecule has 0 unspecified atom stereocenters. The first-order valence-corrected chi connectivity index (χ1v) is 9.46. The highest BCUT2D eigenvalue weighted by Crippen LogP contribution is 2.31. The molecular weight excluding hydrogens is 353 g/mol. The Morgan fingerprint density at radius 3 is 2.81 bits per heavy atom. The number of aromatic hydroxyl groups is 1. The molecule has 0 radical (unpaired) electrons. The Labute approximate surface area is 155 Å². The van der Waals surface area contributed by atoms with E-state index in [-0.39, 0.29) is 11.8 Å². The highest BCUT2D eigenvalue weighted by Gasteiger charge is 2.25. The average Bonchev–Trinajstić information content (AvgIpc) is 3.03. The first-order valence-electron chi connectivity index (χ1n) is 8.65. The van der Waals surface area contributed by atoms with Crippen molar-refractivity contribution in [3.05, 3.63) is 29.5 Å². The first kappa shape index (κ1) is 17.2. The van der Waals surface area contributed by atoms with Crippen LogP contribution in [0.15, 0.2) is 18.3 Å². The van der Waals surface area contributed by atoms with Crippen molar-refractivity contribution in [3.63, 3.8) is 0 Å². The summed E-state index contributed by atoms with van der Waals surface area (Å²) in [5, 5.41) is 18.9. The standard InChI is InChI=1S/C18H22FN5OS/c1-10-4-11(2)16(14(25)5-10)24-9-15-17(22-24)21-18(26-15)20-13-6-12(19)7-23(3)8-13/h4-5,9,12-13,25H,6-8H2,1-3H3,(H,20,21,22)/t12-,13-/m1/s1. The molecule has 138 valence electrons. The molecule has 4 rings (SSSR count). The van der Waals surface area contributed by atoms with Crippen molar-refractivity contribution in [2.75, 3.05) is 25.5 Å². The van der Waals surface area contributed by atoms with E-state index in [0.29, 0.717) is 24.3 Å². The van der Waals surface area contributed by atoms with Gasteiger partial charge in [0.1, 0.15) is 17.6 Å². The van der Waals surface area contributed by atoms with Crippen molar-refractivity contribution in [3.8, 4) is 11.4 Å². The van der Waals surface area contributed by atoms with Crippen LogP contribution in [-0.4, -0.2) is 57.1 Å². The van der Waals surface area contributed by atoms with Gasteiger partial charge in [0.2, 0.25) is 0 Å². The second-order valence-corrected chi connectivity index (χ2v) is 8.16. The topological polar surface area (TPSA) is 66.2 Å². The van der Waals surface area contributed by atoms with Crippen molar-refractivity contribution in [2.45, 2.75) is 32.5 Å². The van der Waals surface area contributed by atoms with Gasteiger partial charge in [-0.05, 0) is 38.1 Å². The van der Waals surface area contributed by atoms with Crippen molar-refractivity contribution in [1.82, 2.24) is 19.7 Å². The molecule has 2 atom stereocenters. The first-order chi connectivity index (χ1) is 12.4. The lowest BCUT2D eigenvalue weighted by molar-refractivity contribution is 0.153. The Hall–Kier alpha value is -2.19. The van der Waals surface area contributed by atoms with E-state index in [1.807, 2.05) is 38.1 Å². The van der Waals surface area contributed by atoms with Gasteiger partial charge in [0.05, 0.1) is 10.9 Å². The number of hydrogen-bond acceptors (Lipinski definition) is 6. The van der Waals surface area contributed by atoms with Crippen LogP contribution in [0.25, 0.3) is 16.0 Å². The Balaban J connectivity index is 1.58. The summed E-state index contributed by atoms with van der Waals surface area (Å²) < 4.78 is 16.3. The lowest BCUT2D eigenvalue weighted by atomic mass is 10.1. The molecule has 1 fully saturated rings. The fraction of sp³-hybridized carbons (Fsp3) is 0.444. The van der Waals surface area contributed by atoms with E-state index >= 15 is 0 Å². The van der Waals surface area contributed by atoms with Crippen molar-refractivity contribution in [1.29, 1.82) is 0 Å². The van der Waals surface area contributed by atoms with Crippen LogP contribution in [0.3, 0.4) is 0 Å². The maximum atomic E-state index is 13.7. The van der Waals surface area contributed by atoms with E-state index in [2.05, 4.69) is 15.4 Å². The molecule has 1 aliphatic heterocycles. The van der Waals surface area contributed by atoms with Crippen LogP contribution in [0.1, 0.15) is 17.5 Å². The average molecular weight is 375 g/mol. The third-order valence-electron chi connectivity index (χ3n) is 4.64. The normalized spacial score (nSPS) is 21.4. The van der Waals surface area contributed by atoms with E-state index in [1.165, 1.54) is 11.3 Å². The molecule has 2 N–H and O–H groups in total. The van der Waals surface area contributed by atoms with Gasteiger partial charge in [0.15, 0.2) is 10.8 Å². The molecule has 1 aliphatic rings. The number of nitrogens with zero attached hydrogens (tertiary/aromatic N) is 4. The number of anilines is 1. The number of alkyl halides is 1. The molecule has 0 spiro atoms. The number of benzene rings is 1. The largest absolute Gasteiger partial charge is 0.506 e. The number of likely N-dealkylation sites (tertiary alicyclic amines) is 1. The number of aromatic nitrogens is 3. The molecule has 0 bridgehead atoms. The lowest BCUT2D eigenvalue weighted by Gasteiger charge is -2.32. The molecule has 26 heavy (non-hydrogen) atoms. The fourth-order valence-corrected chi connectivity index (χ4v) is 4.56. The van der Waals surface area contributed by atoms with Gasteiger partial charge in [-0.25, -0.2) is 9.07 Å². The van der Waals surface area contributed by atoms with Gasteiger partial charge < -0.3 is 15.3 Å². The van der Waals surface area contributed by atoms with Crippen LogP contribution in [0, 0.1) is 13.8 Å². The number of nitrogens with one attached hydrogen (secondary N) is 1. The number of piperidine rings is 1. The number of thiazole rings is 1. The predicted octanol–water partition coefficient (Wildman–Crippen LogP) is 3.26. The van der Waals surface area contributed by atoms with Gasteiger partial charge in [-0.2, -0.15) is 4.98 Å². The third-order valence-corrected chi connectivity index (χ3v) is 5.55.